The van der Waals surface area contributed by atoms with E-state index in [0.717, 1.165) is 13.1 Å². The van der Waals surface area contributed by atoms with Gasteiger partial charge in [-0.25, -0.2) is 0 Å². The van der Waals surface area contributed by atoms with Crippen molar-refractivity contribution in [2.75, 3.05) is 32.8 Å². The molecule has 2 aliphatic heterocycles. The van der Waals surface area contributed by atoms with Crippen LogP contribution >= 0.6 is 11.3 Å². The Kier molecular flexibility index (Phi) is 4.33. The zero-order valence-corrected chi connectivity index (χ0v) is 12.1. The summed E-state index contributed by atoms with van der Waals surface area (Å²) < 4.78 is 5.81. The highest BCUT2D eigenvalue weighted by molar-refractivity contribution is 7.09. The van der Waals surface area contributed by atoms with E-state index in [9.17, 15) is 0 Å². The third kappa shape index (κ3) is 3.26. The standard InChI is InChI=1S/C15H22N2OS/c1-2-7-18-14-9-13-10-16(5-6-17(13)11-14)12-15-4-3-8-19-15/h2-4,8,13-14H,1,5-7,9-12H2/t13-,14-/m0/s1. The maximum atomic E-state index is 5.81. The van der Waals surface area contributed by atoms with Crippen molar-refractivity contribution in [3.63, 3.8) is 0 Å². The van der Waals surface area contributed by atoms with Gasteiger partial charge in [-0.2, -0.15) is 0 Å². The third-order valence-electron chi connectivity index (χ3n) is 4.07. The molecule has 0 aliphatic carbocycles. The summed E-state index contributed by atoms with van der Waals surface area (Å²) in [5.41, 5.74) is 0. The van der Waals surface area contributed by atoms with E-state index in [4.69, 9.17) is 4.74 Å². The van der Waals surface area contributed by atoms with E-state index in [1.54, 1.807) is 0 Å². The molecule has 0 saturated carbocycles. The Balaban J connectivity index is 1.51. The van der Waals surface area contributed by atoms with Gasteiger partial charge in [-0.05, 0) is 17.9 Å². The fourth-order valence-corrected chi connectivity index (χ4v) is 3.90. The maximum absolute atomic E-state index is 5.81. The second-order valence-corrected chi connectivity index (χ2v) is 6.48. The Morgan fingerprint density at radius 1 is 1.42 bits per heavy atom. The molecule has 0 aromatic carbocycles. The molecule has 4 heteroatoms. The topological polar surface area (TPSA) is 15.7 Å². The normalized spacial score (nSPS) is 28.4. The minimum absolute atomic E-state index is 0.407. The summed E-state index contributed by atoms with van der Waals surface area (Å²) in [6, 6.07) is 5.07. The lowest BCUT2D eigenvalue weighted by Gasteiger charge is -2.37. The lowest BCUT2D eigenvalue weighted by Crippen LogP contribution is -2.49. The van der Waals surface area contributed by atoms with Crippen molar-refractivity contribution in [2.45, 2.75) is 25.1 Å². The van der Waals surface area contributed by atoms with Gasteiger partial charge in [-0.15, -0.1) is 17.9 Å². The molecule has 104 valence electrons. The smallest absolute Gasteiger partial charge is 0.0721 e. The molecule has 0 spiro atoms. The van der Waals surface area contributed by atoms with Crippen LogP contribution in [0.4, 0.5) is 0 Å². The minimum Gasteiger partial charge on any atom is -0.373 e. The lowest BCUT2D eigenvalue weighted by molar-refractivity contribution is 0.0760. The van der Waals surface area contributed by atoms with E-state index in [0.29, 0.717) is 18.8 Å². The van der Waals surface area contributed by atoms with E-state index < -0.39 is 0 Å². The molecule has 2 aliphatic rings. The van der Waals surface area contributed by atoms with Crippen molar-refractivity contribution in [1.29, 1.82) is 0 Å². The molecule has 0 radical (unpaired) electrons. The number of rotatable bonds is 5. The average Bonchev–Trinajstić information content (AvgIpc) is 3.04. The molecular formula is C15H22N2OS. The number of nitrogens with zero attached hydrogens (tertiary/aromatic N) is 2. The molecule has 3 heterocycles. The number of piperazine rings is 1. The van der Waals surface area contributed by atoms with Gasteiger partial charge >= 0.3 is 0 Å². The Bertz CT molecular complexity index is 406. The molecule has 0 bridgehead atoms. The predicted octanol–water partition coefficient (Wildman–Crippen LogP) is 2.21. The summed E-state index contributed by atoms with van der Waals surface area (Å²) >= 11 is 1.86. The molecule has 1 aromatic heterocycles. The summed E-state index contributed by atoms with van der Waals surface area (Å²) in [6.07, 6.45) is 3.43. The average molecular weight is 278 g/mol. The largest absolute Gasteiger partial charge is 0.373 e. The SMILES string of the molecule is C=CCO[C@H]1C[C@H]2CN(Cc3cccs3)CCN2C1. The molecule has 3 rings (SSSR count). The third-order valence-corrected chi connectivity index (χ3v) is 4.93. The van der Waals surface area contributed by atoms with Gasteiger partial charge < -0.3 is 4.74 Å². The highest BCUT2D eigenvalue weighted by Gasteiger charge is 2.36. The van der Waals surface area contributed by atoms with Crippen LogP contribution in [0.2, 0.25) is 0 Å². The molecule has 2 fully saturated rings. The number of fused-ring (bicyclic) bond motifs is 1. The summed E-state index contributed by atoms with van der Waals surface area (Å²) in [6.45, 7) is 10.2. The maximum Gasteiger partial charge on any atom is 0.0721 e. The molecule has 0 N–H and O–H groups in total. The van der Waals surface area contributed by atoms with E-state index in [-0.39, 0.29) is 0 Å². The van der Waals surface area contributed by atoms with Crippen LogP contribution in [-0.4, -0.2) is 54.7 Å². The first-order chi connectivity index (χ1) is 9.35. The van der Waals surface area contributed by atoms with Crippen molar-refractivity contribution in [3.8, 4) is 0 Å². The van der Waals surface area contributed by atoms with E-state index in [1.165, 1.54) is 30.9 Å². The van der Waals surface area contributed by atoms with E-state index in [2.05, 4.69) is 33.9 Å². The second-order valence-electron chi connectivity index (χ2n) is 5.44. The number of thiophene rings is 1. The zero-order chi connectivity index (χ0) is 13.1. The summed E-state index contributed by atoms with van der Waals surface area (Å²) in [4.78, 5) is 6.66. The van der Waals surface area contributed by atoms with Crippen LogP contribution in [0.3, 0.4) is 0 Å². The van der Waals surface area contributed by atoms with Crippen LogP contribution in [0.15, 0.2) is 30.2 Å². The minimum atomic E-state index is 0.407. The lowest BCUT2D eigenvalue weighted by atomic mass is 10.1. The van der Waals surface area contributed by atoms with Gasteiger partial charge in [0.05, 0.1) is 12.7 Å². The van der Waals surface area contributed by atoms with Crippen molar-refractivity contribution in [2.24, 2.45) is 0 Å². The molecule has 0 unspecified atom stereocenters. The first-order valence-electron chi connectivity index (χ1n) is 7.06. The van der Waals surface area contributed by atoms with Gasteiger partial charge in [0.15, 0.2) is 0 Å². The second kappa shape index (κ2) is 6.18. The first kappa shape index (κ1) is 13.3. The highest BCUT2D eigenvalue weighted by atomic mass is 32.1. The number of hydrogen-bond acceptors (Lipinski definition) is 4. The molecule has 19 heavy (non-hydrogen) atoms. The van der Waals surface area contributed by atoms with E-state index >= 15 is 0 Å². The van der Waals surface area contributed by atoms with Crippen molar-refractivity contribution in [3.05, 3.63) is 35.0 Å². The van der Waals surface area contributed by atoms with Crippen molar-refractivity contribution < 1.29 is 4.74 Å². The Morgan fingerprint density at radius 2 is 2.37 bits per heavy atom. The van der Waals surface area contributed by atoms with Crippen LogP contribution < -0.4 is 0 Å². The molecule has 3 nitrogen and oxygen atoms in total. The molecule has 1 aromatic rings. The summed E-state index contributed by atoms with van der Waals surface area (Å²) in [5.74, 6) is 0. The Morgan fingerprint density at radius 3 is 3.16 bits per heavy atom. The van der Waals surface area contributed by atoms with Crippen LogP contribution in [-0.2, 0) is 11.3 Å². The van der Waals surface area contributed by atoms with Crippen LogP contribution in [0.25, 0.3) is 0 Å². The quantitative estimate of drug-likeness (QED) is 0.768. The van der Waals surface area contributed by atoms with Gasteiger partial charge in [0.2, 0.25) is 0 Å². The Labute approximate surface area is 119 Å². The molecule has 2 atom stereocenters. The van der Waals surface area contributed by atoms with Crippen molar-refractivity contribution in [1.82, 2.24) is 9.80 Å². The molecule has 0 amide bonds. The van der Waals surface area contributed by atoms with Gasteiger partial charge in [-0.3, -0.25) is 9.80 Å². The van der Waals surface area contributed by atoms with Gasteiger partial charge in [0.1, 0.15) is 0 Å². The first-order valence-corrected chi connectivity index (χ1v) is 7.94. The van der Waals surface area contributed by atoms with Gasteiger partial charge in [0.25, 0.3) is 0 Å². The number of ether oxygens (including phenoxy) is 1. The monoisotopic (exact) mass is 278 g/mol. The van der Waals surface area contributed by atoms with Gasteiger partial charge in [0, 0.05) is 43.6 Å². The Hall–Kier alpha value is -0.680. The van der Waals surface area contributed by atoms with E-state index in [1.807, 2.05) is 17.4 Å². The summed E-state index contributed by atoms with van der Waals surface area (Å²) in [7, 11) is 0. The van der Waals surface area contributed by atoms with Gasteiger partial charge in [-0.1, -0.05) is 12.1 Å². The van der Waals surface area contributed by atoms with Crippen LogP contribution in [0.1, 0.15) is 11.3 Å². The summed E-state index contributed by atoms with van der Waals surface area (Å²) in [5, 5.41) is 2.17. The fourth-order valence-electron chi connectivity index (χ4n) is 3.15. The van der Waals surface area contributed by atoms with Crippen LogP contribution in [0.5, 0.6) is 0 Å². The number of hydrogen-bond donors (Lipinski definition) is 0. The van der Waals surface area contributed by atoms with Crippen LogP contribution in [0, 0.1) is 0 Å². The molecule has 2 saturated heterocycles. The highest BCUT2D eigenvalue weighted by Crippen LogP contribution is 2.25. The molecular weight excluding hydrogens is 256 g/mol. The zero-order valence-electron chi connectivity index (χ0n) is 11.3. The predicted molar refractivity (Wildman–Crippen MR) is 79.5 cm³/mol. The fraction of sp³-hybridized carbons (Fsp3) is 0.600. The van der Waals surface area contributed by atoms with Crippen molar-refractivity contribution >= 4 is 11.3 Å².